The van der Waals surface area contributed by atoms with Gasteiger partial charge in [0.2, 0.25) is 6.39 Å². The van der Waals surface area contributed by atoms with Crippen molar-refractivity contribution in [2.45, 2.75) is 38.0 Å². The van der Waals surface area contributed by atoms with E-state index in [1.54, 1.807) is 0 Å². The van der Waals surface area contributed by atoms with E-state index in [0.717, 1.165) is 5.82 Å². The fourth-order valence-corrected chi connectivity index (χ4v) is 1.72. The first-order valence-corrected chi connectivity index (χ1v) is 4.23. The van der Waals surface area contributed by atoms with Gasteiger partial charge in [-0.3, -0.25) is 0 Å². The van der Waals surface area contributed by atoms with E-state index in [-0.39, 0.29) is 0 Å². The largest absolute Gasteiger partial charge is 0.343 e. The van der Waals surface area contributed by atoms with E-state index in [0.29, 0.717) is 5.92 Å². The number of aromatic nitrogens is 2. The summed E-state index contributed by atoms with van der Waals surface area (Å²) in [4.78, 5) is 4.06. The maximum Gasteiger partial charge on any atom is 0.213 e. The molecule has 1 aromatic rings. The summed E-state index contributed by atoms with van der Waals surface area (Å²) in [5.74, 6) is 1.48. The molecule has 0 spiro atoms. The fourth-order valence-electron chi connectivity index (χ4n) is 1.72. The van der Waals surface area contributed by atoms with Crippen molar-refractivity contribution in [1.29, 1.82) is 0 Å². The van der Waals surface area contributed by atoms with E-state index < -0.39 is 0 Å². The van der Waals surface area contributed by atoms with E-state index in [1.807, 2.05) is 0 Å². The van der Waals surface area contributed by atoms with E-state index in [2.05, 4.69) is 10.1 Å². The van der Waals surface area contributed by atoms with E-state index in [9.17, 15) is 0 Å². The second-order valence-electron chi connectivity index (χ2n) is 3.12. The Morgan fingerprint density at radius 2 is 2.09 bits per heavy atom. The van der Waals surface area contributed by atoms with Gasteiger partial charge in [-0.25, -0.2) is 0 Å². The van der Waals surface area contributed by atoms with Crippen molar-refractivity contribution in [2.75, 3.05) is 0 Å². The minimum Gasteiger partial charge on any atom is -0.343 e. The molecular formula is C8H12N2O. The van der Waals surface area contributed by atoms with Crippen LogP contribution in [0.25, 0.3) is 0 Å². The molecule has 1 aromatic heterocycles. The zero-order chi connectivity index (χ0) is 7.52. The fraction of sp³-hybridized carbons (Fsp3) is 0.750. The van der Waals surface area contributed by atoms with Crippen molar-refractivity contribution in [1.82, 2.24) is 10.1 Å². The van der Waals surface area contributed by atoms with Gasteiger partial charge < -0.3 is 4.52 Å². The third kappa shape index (κ3) is 1.42. The Morgan fingerprint density at radius 1 is 1.27 bits per heavy atom. The lowest BCUT2D eigenvalue weighted by atomic mass is 9.89. The van der Waals surface area contributed by atoms with Gasteiger partial charge in [0.25, 0.3) is 0 Å². The van der Waals surface area contributed by atoms with Crippen LogP contribution in [-0.4, -0.2) is 10.1 Å². The standard InChI is InChI=1S/C8H12N2O/c1-2-4-7(5-3-1)8-9-6-11-10-8/h6-7H,1-5H2. The molecule has 1 saturated carbocycles. The lowest BCUT2D eigenvalue weighted by molar-refractivity contribution is 0.379. The molecule has 11 heavy (non-hydrogen) atoms. The van der Waals surface area contributed by atoms with Crippen LogP contribution in [0.15, 0.2) is 10.9 Å². The Balaban J connectivity index is 2.04. The normalized spacial score (nSPS) is 20.4. The van der Waals surface area contributed by atoms with Crippen LogP contribution in [0.5, 0.6) is 0 Å². The van der Waals surface area contributed by atoms with Crippen LogP contribution < -0.4 is 0 Å². The molecule has 1 aliphatic carbocycles. The predicted octanol–water partition coefficient (Wildman–Crippen LogP) is 2.12. The Morgan fingerprint density at radius 3 is 2.73 bits per heavy atom. The highest BCUT2D eigenvalue weighted by atomic mass is 16.5. The minimum absolute atomic E-state index is 0.572. The van der Waals surface area contributed by atoms with Crippen LogP contribution >= 0.6 is 0 Å². The van der Waals surface area contributed by atoms with Gasteiger partial charge in [0, 0.05) is 5.92 Å². The second-order valence-corrected chi connectivity index (χ2v) is 3.12. The molecule has 0 aromatic carbocycles. The molecule has 1 heterocycles. The Kier molecular flexibility index (Phi) is 1.88. The Bertz CT molecular complexity index is 202. The van der Waals surface area contributed by atoms with Gasteiger partial charge in [0.1, 0.15) is 0 Å². The molecule has 3 heteroatoms. The molecule has 60 valence electrons. The van der Waals surface area contributed by atoms with Crippen LogP contribution in [0.1, 0.15) is 43.8 Å². The smallest absolute Gasteiger partial charge is 0.213 e. The highest BCUT2D eigenvalue weighted by Crippen LogP contribution is 2.30. The summed E-state index contributed by atoms with van der Waals surface area (Å²) in [6.07, 6.45) is 7.90. The van der Waals surface area contributed by atoms with Gasteiger partial charge in [-0.1, -0.05) is 24.4 Å². The second kappa shape index (κ2) is 3.03. The summed E-state index contributed by atoms with van der Waals surface area (Å²) < 4.78 is 4.71. The molecule has 0 aliphatic heterocycles. The van der Waals surface area contributed by atoms with Gasteiger partial charge in [-0.15, -0.1) is 0 Å². The van der Waals surface area contributed by atoms with Gasteiger partial charge in [0.05, 0.1) is 0 Å². The van der Waals surface area contributed by atoms with Crippen LogP contribution in [0, 0.1) is 0 Å². The lowest BCUT2D eigenvalue weighted by Gasteiger charge is -2.17. The lowest BCUT2D eigenvalue weighted by Crippen LogP contribution is -2.05. The summed E-state index contributed by atoms with van der Waals surface area (Å²) in [7, 11) is 0. The zero-order valence-corrected chi connectivity index (χ0v) is 6.49. The quantitative estimate of drug-likeness (QED) is 0.618. The van der Waals surface area contributed by atoms with Gasteiger partial charge >= 0.3 is 0 Å². The third-order valence-corrected chi connectivity index (χ3v) is 2.35. The summed E-state index contributed by atoms with van der Waals surface area (Å²) in [5.41, 5.74) is 0. The number of rotatable bonds is 1. The summed E-state index contributed by atoms with van der Waals surface area (Å²) in [6, 6.07) is 0. The summed E-state index contributed by atoms with van der Waals surface area (Å²) in [5, 5.41) is 3.85. The summed E-state index contributed by atoms with van der Waals surface area (Å²) >= 11 is 0. The summed E-state index contributed by atoms with van der Waals surface area (Å²) in [6.45, 7) is 0. The van der Waals surface area contributed by atoms with Gasteiger partial charge in [-0.05, 0) is 12.8 Å². The predicted molar refractivity (Wildman–Crippen MR) is 40.1 cm³/mol. The first kappa shape index (κ1) is 6.83. The van der Waals surface area contributed by atoms with E-state index in [1.165, 1.54) is 38.5 Å². The zero-order valence-electron chi connectivity index (χ0n) is 6.49. The van der Waals surface area contributed by atoms with Crippen molar-refractivity contribution in [2.24, 2.45) is 0 Å². The molecule has 0 saturated heterocycles. The van der Waals surface area contributed by atoms with E-state index >= 15 is 0 Å². The van der Waals surface area contributed by atoms with Gasteiger partial charge in [-0.2, -0.15) is 4.98 Å². The van der Waals surface area contributed by atoms with Crippen molar-refractivity contribution in [3.05, 3.63) is 12.2 Å². The van der Waals surface area contributed by atoms with Crippen molar-refractivity contribution < 1.29 is 4.52 Å². The van der Waals surface area contributed by atoms with Gasteiger partial charge in [0.15, 0.2) is 5.82 Å². The average molecular weight is 152 g/mol. The first-order valence-electron chi connectivity index (χ1n) is 4.23. The molecule has 0 amide bonds. The van der Waals surface area contributed by atoms with E-state index in [4.69, 9.17) is 4.52 Å². The molecule has 0 atom stereocenters. The molecule has 0 N–H and O–H groups in total. The monoisotopic (exact) mass is 152 g/mol. The van der Waals surface area contributed by atoms with Crippen molar-refractivity contribution in [3.63, 3.8) is 0 Å². The van der Waals surface area contributed by atoms with Crippen molar-refractivity contribution in [3.8, 4) is 0 Å². The molecule has 1 fully saturated rings. The maximum absolute atomic E-state index is 4.71. The number of hydrogen-bond donors (Lipinski definition) is 0. The SMILES string of the molecule is c1nc(C2CCCCC2)no1. The Hall–Kier alpha value is -0.860. The van der Waals surface area contributed by atoms with Crippen LogP contribution in [-0.2, 0) is 0 Å². The van der Waals surface area contributed by atoms with Crippen LogP contribution in [0.3, 0.4) is 0 Å². The Labute approximate surface area is 65.8 Å². The topological polar surface area (TPSA) is 38.9 Å². The maximum atomic E-state index is 4.71. The third-order valence-electron chi connectivity index (χ3n) is 2.35. The average Bonchev–Trinajstić information content (AvgIpc) is 2.58. The molecule has 0 unspecified atom stereocenters. The first-order chi connectivity index (χ1) is 5.47. The molecule has 3 nitrogen and oxygen atoms in total. The minimum atomic E-state index is 0.572. The van der Waals surface area contributed by atoms with Crippen LogP contribution in [0.2, 0.25) is 0 Å². The molecule has 1 aliphatic rings. The molecular weight excluding hydrogens is 140 g/mol. The highest BCUT2D eigenvalue weighted by Gasteiger charge is 2.18. The molecule has 2 rings (SSSR count). The number of hydrogen-bond acceptors (Lipinski definition) is 3. The highest BCUT2D eigenvalue weighted by molar-refractivity contribution is 4.92. The number of nitrogens with zero attached hydrogens (tertiary/aromatic N) is 2. The van der Waals surface area contributed by atoms with Crippen molar-refractivity contribution >= 4 is 0 Å². The molecule has 0 bridgehead atoms. The van der Waals surface area contributed by atoms with Crippen LogP contribution in [0.4, 0.5) is 0 Å². The molecule has 0 radical (unpaired) electrons.